The molecule has 1 heteroatoms. The molecule has 18 heavy (non-hydrogen) atoms. The van der Waals surface area contributed by atoms with Gasteiger partial charge in [0.05, 0.1) is 0 Å². The van der Waals surface area contributed by atoms with Gasteiger partial charge in [-0.05, 0) is 6.42 Å². The summed E-state index contributed by atoms with van der Waals surface area (Å²) < 4.78 is 0. The maximum atomic E-state index is 3.65. The standard InChI is InChI=1S/C17H31.Li/c1-6-10-14-16(12-8-3)17(13-9-4)15(5)11-7-2;/h6-13H2,1-5H3;/q-1;+1/b17-15+;. The second-order valence-electron chi connectivity index (χ2n) is 4.91. The van der Waals surface area contributed by atoms with Gasteiger partial charge in [0.1, 0.15) is 0 Å². The van der Waals surface area contributed by atoms with E-state index >= 15 is 0 Å². The van der Waals surface area contributed by atoms with Crippen LogP contribution in [0.1, 0.15) is 86.0 Å². The first-order valence-electron chi connectivity index (χ1n) is 7.49. The summed E-state index contributed by atoms with van der Waals surface area (Å²) >= 11 is 0. The monoisotopic (exact) mass is 242 g/mol. The molecule has 0 rings (SSSR count). The van der Waals surface area contributed by atoms with Gasteiger partial charge in [-0.3, -0.25) is 6.08 Å². The van der Waals surface area contributed by atoms with E-state index in [0.717, 1.165) is 6.42 Å². The van der Waals surface area contributed by atoms with Crippen molar-refractivity contribution < 1.29 is 18.9 Å². The summed E-state index contributed by atoms with van der Waals surface area (Å²) in [6.07, 6.45) is 13.4. The summed E-state index contributed by atoms with van der Waals surface area (Å²) in [5.41, 5.74) is 4.73. The van der Waals surface area contributed by atoms with Crippen LogP contribution in [0.4, 0.5) is 0 Å². The van der Waals surface area contributed by atoms with Crippen LogP contribution in [0, 0.1) is 6.08 Å². The van der Waals surface area contributed by atoms with Crippen molar-refractivity contribution in [2.24, 2.45) is 0 Å². The maximum Gasteiger partial charge on any atom is 1.00 e. The molecule has 0 spiro atoms. The Morgan fingerprint density at radius 2 is 1.33 bits per heavy atom. The van der Waals surface area contributed by atoms with Crippen molar-refractivity contribution in [2.45, 2.75) is 86.0 Å². The third kappa shape index (κ3) is 8.23. The number of hydrogen-bond donors (Lipinski definition) is 0. The minimum atomic E-state index is 0. The molecule has 0 radical (unpaired) electrons. The molecule has 0 N–H and O–H groups in total. The molecular formula is C17H31Li. The Morgan fingerprint density at radius 3 is 1.78 bits per heavy atom. The number of hydrogen-bond acceptors (Lipinski definition) is 0. The number of rotatable bonds is 9. The fraction of sp³-hybridized carbons (Fsp3) is 0.765. The maximum absolute atomic E-state index is 3.65. The Balaban J connectivity index is 0. The van der Waals surface area contributed by atoms with Gasteiger partial charge in [0.15, 0.2) is 0 Å². The summed E-state index contributed by atoms with van der Waals surface area (Å²) in [6.45, 7) is 11.4. The molecule has 0 bridgehead atoms. The van der Waals surface area contributed by atoms with E-state index in [1.165, 1.54) is 50.5 Å². The zero-order chi connectivity index (χ0) is 13.1. The van der Waals surface area contributed by atoms with Crippen molar-refractivity contribution in [2.75, 3.05) is 0 Å². The van der Waals surface area contributed by atoms with Gasteiger partial charge in [0.2, 0.25) is 0 Å². The molecule has 100 valence electrons. The minimum Gasteiger partial charge on any atom is -0.272 e. The van der Waals surface area contributed by atoms with Gasteiger partial charge in [-0.25, -0.2) is 5.57 Å². The molecule has 0 nitrogen and oxygen atoms in total. The minimum absolute atomic E-state index is 0. The van der Waals surface area contributed by atoms with Crippen LogP contribution >= 0.6 is 0 Å². The van der Waals surface area contributed by atoms with Gasteiger partial charge in [0, 0.05) is 0 Å². The average Bonchev–Trinajstić information content (AvgIpc) is 2.32. The first-order valence-corrected chi connectivity index (χ1v) is 7.49. The number of allylic oxidation sites excluding steroid dienone is 4. The summed E-state index contributed by atoms with van der Waals surface area (Å²) in [6, 6.07) is 0. The first kappa shape index (κ1) is 20.4. The fourth-order valence-electron chi connectivity index (χ4n) is 2.27. The molecule has 0 aliphatic heterocycles. The van der Waals surface area contributed by atoms with Crippen LogP contribution in [-0.2, 0) is 0 Å². The molecule has 0 atom stereocenters. The summed E-state index contributed by atoms with van der Waals surface area (Å²) in [4.78, 5) is 0. The molecule has 0 aromatic carbocycles. The quantitative estimate of drug-likeness (QED) is 0.331. The second-order valence-corrected chi connectivity index (χ2v) is 4.91. The number of unbranched alkanes of at least 4 members (excludes halogenated alkanes) is 1. The van der Waals surface area contributed by atoms with E-state index in [2.05, 4.69) is 40.7 Å². The summed E-state index contributed by atoms with van der Waals surface area (Å²) in [5, 5.41) is 0. The summed E-state index contributed by atoms with van der Waals surface area (Å²) in [7, 11) is 0. The predicted molar refractivity (Wildman–Crippen MR) is 79.1 cm³/mol. The van der Waals surface area contributed by atoms with Gasteiger partial charge in [-0.15, -0.1) is 6.42 Å². The molecule has 0 aromatic rings. The molecule has 0 aromatic heterocycles. The van der Waals surface area contributed by atoms with Crippen LogP contribution in [0.15, 0.2) is 16.7 Å². The van der Waals surface area contributed by atoms with Crippen molar-refractivity contribution in [3.63, 3.8) is 0 Å². The fourth-order valence-corrected chi connectivity index (χ4v) is 2.27. The van der Waals surface area contributed by atoms with E-state index in [4.69, 9.17) is 0 Å². The van der Waals surface area contributed by atoms with Gasteiger partial charge in [-0.2, -0.15) is 11.1 Å². The van der Waals surface area contributed by atoms with Crippen molar-refractivity contribution >= 4 is 0 Å². The summed E-state index contributed by atoms with van der Waals surface area (Å²) in [5.74, 6) is 0. The van der Waals surface area contributed by atoms with Crippen molar-refractivity contribution in [1.29, 1.82) is 0 Å². The van der Waals surface area contributed by atoms with Crippen LogP contribution in [0.2, 0.25) is 0 Å². The Bertz CT molecular complexity index is 248. The molecule has 0 aliphatic rings. The zero-order valence-electron chi connectivity index (χ0n) is 13.7. The normalized spacial score (nSPS) is 13.1. The van der Waals surface area contributed by atoms with Crippen molar-refractivity contribution in [3.8, 4) is 0 Å². The molecule has 0 heterocycles. The van der Waals surface area contributed by atoms with Gasteiger partial charge < -0.3 is 0 Å². The average molecular weight is 242 g/mol. The molecule has 0 aliphatic carbocycles. The van der Waals surface area contributed by atoms with E-state index < -0.39 is 0 Å². The second kappa shape index (κ2) is 13.5. The van der Waals surface area contributed by atoms with Crippen LogP contribution in [0.3, 0.4) is 0 Å². The van der Waals surface area contributed by atoms with E-state index in [1.54, 1.807) is 11.1 Å². The van der Waals surface area contributed by atoms with Crippen molar-refractivity contribution in [3.05, 3.63) is 22.8 Å². The van der Waals surface area contributed by atoms with Crippen LogP contribution in [0.25, 0.3) is 0 Å². The van der Waals surface area contributed by atoms with Crippen LogP contribution in [-0.4, -0.2) is 0 Å². The predicted octanol–water partition coefficient (Wildman–Crippen LogP) is 3.24. The third-order valence-electron chi connectivity index (χ3n) is 3.09. The van der Waals surface area contributed by atoms with E-state index in [0.29, 0.717) is 0 Å². The topological polar surface area (TPSA) is 0 Å². The molecular weight excluding hydrogens is 211 g/mol. The third-order valence-corrected chi connectivity index (χ3v) is 3.09. The Labute approximate surface area is 127 Å². The van der Waals surface area contributed by atoms with E-state index in [1.807, 2.05) is 0 Å². The largest absolute Gasteiger partial charge is 1.00 e. The SMILES string of the molecule is CCC[C-]=C(CCC)/C(CCC)=C(\C)CCC.[Li+]. The smallest absolute Gasteiger partial charge is 0.272 e. The molecule has 0 saturated carbocycles. The molecule has 0 amide bonds. The van der Waals surface area contributed by atoms with Crippen LogP contribution < -0.4 is 18.9 Å². The Hall–Kier alpha value is 0.0774. The van der Waals surface area contributed by atoms with Gasteiger partial charge in [0.25, 0.3) is 0 Å². The molecule has 0 fully saturated rings. The molecule has 0 saturated heterocycles. The zero-order valence-corrected chi connectivity index (χ0v) is 13.7. The first-order chi connectivity index (χ1) is 8.21. The Kier molecular flexibility index (Phi) is 15.3. The molecule has 0 unspecified atom stereocenters. The van der Waals surface area contributed by atoms with Crippen LogP contribution in [0.5, 0.6) is 0 Å². The van der Waals surface area contributed by atoms with Gasteiger partial charge in [-0.1, -0.05) is 73.1 Å². The Morgan fingerprint density at radius 1 is 0.778 bits per heavy atom. The van der Waals surface area contributed by atoms with Crippen molar-refractivity contribution in [1.82, 2.24) is 0 Å². The van der Waals surface area contributed by atoms with E-state index in [9.17, 15) is 0 Å². The van der Waals surface area contributed by atoms with Gasteiger partial charge >= 0.3 is 18.9 Å². The van der Waals surface area contributed by atoms with E-state index in [-0.39, 0.29) is 18.9 Å².